The van der Waals surface area contributed by atoms with Crippen molar-refractivity contribution in [3.63, 3.8) is 0 Å². The first-order valence-electron chi connectivity index (χ1n) is 3.75. The van der Waals surface area contributed by atoms with E-state index in [-0.39, 0.29) is 0 Å². The van der Waals surface area contributed by atoms with Crippen molar-refractivity contribution in [3.8, 4) is 0 Å². The molecule has 0 aromatic carbocycles. The number of hydrogen-bond acceptors (Lipinski definition) is 5. The minimum Gasteiger partial charge on any atom is -0.441 e. The Labute approximate surface area is 71.0 Å². The Bertz CT molecular complexity index is 170. The molecule has 0 bridgehead atoms. The molecule has 0 aliphatic rings. The molecule has 0 saturated heterocycles. The van der Waals surface area contributed by atoms with Gasteiger partial charge in [0.2, 0.25) is 5.78 Å². The minimum atomic E-state index is -0.889. The molecule has 0 spiro atoms. The van der Waals surface area contributed by atoms with Crippen molar-refractivity contribution in [1.82, 2.24) is 0 Å². The van der Waals surface area contributed by atoms with E-state index in [4.69, 9.17) is 11.5 Å². The zero-order valence-corrected chi connectivity index (χ0v) is 7.08. The highest BCUT2D eigenvalue weighted by Crippen LogP contribution is 1.95. The molecular weight excluding hydrogens is 160 g/mol. The van der Waals surface area contributed by atoms with Gasteiger partial charge in [-0.05, 0) is 19.4 Å². The van der Waals surface area contributed by atoms with Crippen molar-refractivity contribution in [2.45, 2.75) is 26.0 Å². The molecule has 1 atom stereocenters. The van der Waals surface area contributed by atoms with Gasteiger partial charge in [0.25, 0.3) is 0 Å². The summed E-state index contributed by atoms with van der Waals surface area (Å²) in [6, 6.07) is 0. The smallest absolute Gasteiger partial charge is 0.375 e. The summed E-state index contributed by atoms with van der Waals surface area (Å²) in [4.78, 5) is 21.0. The van der Waals surface area contributed by atoms with Crippen LogP contribution in [0.4, 0.5) is 0 Å². The summed E-state index contributed by atoms with van der Waals surface area (Å²) in [6.45, 7) is 1.63. The van der Waals surface area contributed by atoms with Crippen LogP contribution in [-0.2, 0) is 14.3 Å². The Morgan fingerprint density at radius 1 is 1.50 bits per heavy atom. The third-order valence-electron chi connectivity index (χ3n) is 1.24. The fraction of sp³-hybridized carbons (Fsp3) is 0.714. The lowest BCUT2D eigenvalue weighted by Crippen LogP contribution is -2.30. The van der Waals surface area contributed by atoms with Crippen LogP contribution in [0.5, 0.6) is 0 Å². The van der Waals surface area contributed by atoms with Crippen LogP contribution in [-0.4, -0.2) is 24.5 Å². The first-order valence-corrected chi connectivity index (χ1v) is 3.75. The van der Waals surface area contributed by atoms with Crippen molar-refractivity contribution < 1.29 is 14.3 Å². The number of hydrogen-bond donors (Lipinski definition) is 2. The molecule has 4 N–H and O–H groups in total. The van der Waals surface area contributed by atoms with Crippen LogP contribution in [0.25, 0.3) is 0 Å². The largest absolute Gasteiger partial charge is 0.441 e. The van der Waals surface area contributed by atoms with Crippen molar-refractivity contribution in [2.75, 3.05) is 6.54 Å². The van der Waals surface area contributed by atoms with Gasteiger partial charge in [0.05, 0.1) is 0 Å². The average molecular weight is 174 g/mol. The zero-order chi connectivity index (χ0) is 9.56. The van der Waals surface area contributed by atoms with Gasteiger partial charge >= 0.3 is 5.97 Å². The first-order chi connectivity index (χ1) is 5.57. The molecule has 0 aromatic rings. The number of nitrogens with two attached hydrogens (primary N) is 2. The van der Waals surface area contributed by atoms with Crippen LogP contribution >= 0.6 is 0 Å². The Morgan fingerprint density at radius 3 is 2.50 bits per heavy atom. The SMILES string of the molecule is CC(=O)C(=O)OC(N)CCCN. The number of ether oxygens (including phenoxy) is 1. The summed E-state index contributed by atoms with van der Waals surface area (Å²) >= 11 is 0. The predicted molar refractivity (Wildman–Crippen MR) is 43.0 cm³/mol. The molecule has 0 heterocycles. The van der Waals surface area contributed by atoms with Gasteiger partial charge in [0.15, 0.2) is 6.23 Å². The average Bonchev–Trinajstić information content (AvgIpc) is 2.00. The maximum Gasteiger partial charge on any atom is 0.375 e. The Hall–Kier alpha value is -0.940. The molecule has 0 amide bonds. The zero-order valence-electron chi connectivity index (χ0n) is 7.08. The number of carbonyl (C=O) groups excluding carboxylic acids is 2. The minimum absolute atomic E-state index is 0.482. The van der Waals surface area contributed by atoms with Gasteiger partial charge in [-0.1, -0.05) is 0 Å². The second-order valence-corrected chi connectivity index (χ2v) is 2.43. The predicted octanol–water partition coefficient (Wildman–Crippen LogP) is -0.858. The lowest BCUT2D eigenvalue weighted by atomic mass is 10.3. The molecule has 12 heavy (non-hydrogen) atoms. The number of carbonyl (C=O) groups is 2. The lowest BCUT2D eigenvalue weighted by molar-refractivity contribution is -0.157. The van der Waals surface area contributed by atoms with E-state index in [0.717, 1.165) is 6.92 Å². The van der Waals surface area contributed by atoms with Gasteiger partial charge in [-0.15, -0.1) is 0 Å². The number of rotatable bonds is 5. The van der Waals surface area contributed by atoms with E-state index in [2.05, 4.69) is 4.74 Å². The monoisotopic (exact) mass is 174 g/mol. The van der Waals surface area contributed by atoms with E-state index in [1.54, 1.807) is 0 Å². The second-order valence-electron chi connectivity index (χ2n) is 2.43. The summed E-state index contributed by atoms with van der Waals surface area (Å²) < 4.78 is 4.55. The highest BCUT2D eigenvalue weighted by atomic mass is 16.6. The summed E-state index contributed by atoms with van der Waals surface area (Å²) in [5.41, 5.74) is 10.6. The van der Waals surface area contributed by atoms with E-state index in [1.807, 2.05) is 0 Å². The molecule has 0 saturated carbocycles. The fourth-order valence-electron chi connectivity index (χ4n) is 0.598. The number of Topliss-reactive ketones (excluding diaryl/α,β-unsaturated/α-hetero) is 1. The van der Waals surface area contributed by atoms with Crippen LogP contribution in [0.3, 0.4) is 0 Å². The topological polar surface area (TPSA) is 95.4 Å². The van der Waals surface area contributed by atoms with E-state index >= 15 is 0 Å². The standard InChI is InChI=1S/C7H14N2O3/c1-5(10)7(11)12-6(9)3-2-4-8/h6H,2-4,8-9H2,1H3. The molecule has 1 unspecified atom stereocenters. The Morgan fingerprint density at radius 2 is 2.08 bits per heavy atom. The van der Waals surface area contributed by atoms with Crippen LogP contribution in [0.2, 0.25) is 0 Å². The van der Waals surface area contributed by atoms with Gasteiger partial charge < -0.3 is 10.5 Å². The molecular formula is C7H14N2O3. The van der Waals surface area contributed by atoms with Crippen LogP contribution in [0.15, 0.2) is 0 Å². The van der Waals surface area contributed by atoms with Gasteiger partial charge in [0.1, 0.15) is 0 Å². The third kappa shape index (κ3) is 4.81. The Kier molecular flexibility index (Phi) is 5.23. The molecule has 5 heteroatoms. The maximum atomic E-state index is 10.6. The lowest BCUT2D eigenvalue weighted by Gasteiger charge is -2.10. The summed E-state index contributed by atoms with van der Waals surface area (Å²) in [5, 5.41) is 0. The molecule has 0 aliphatic heterocycles. The fourth-order valence-corrected chi connectivity index (χ4v) is 0.598. The second kappa shape index (κ2) is 5.68. The molecule has 0 aliphatic carbocycles. The van der Waals surface area contributed by atoms with E-state index < -0.39 is 18.0 Å². The van der Waals surface area contributed by atoms with Crippen molar-refractivity contribution >= 4 is 11.8 Å². The van der Waals surface area contributed by atoms with E-state index in [0.29, 0.717) is 19.4 Å². The summed E-state index contributed by atoms with van der Waals surface area (Å²) in [6.07, 6.45) is 0.437. The van der Waals surface area contributed by atoms with Crippen molar-refractivity contribution in [1.29, 1.82) is 0 Å². The molecule has 0 aromatic heterocycles. The van der Waals surface area contributed by atoms with Crippen molar-refractivity contribution in [3.05, 3.63) is 0 Å². The van der Waals surface area contributed by atoms with E-state index in [1.165, 1.54) is 0 Å². The third-order valence-corrected chi connectivity index (χ3v) is 1.24. The first kappa shape index (κ1) is 11.1. The number of esters is 1. The number of ketones is 1. The van der Waals surface area contributed by atoms with Gasteiger partial charge in [0, 0.05) is 6.92 Å². The molecule has 5 nitrogen and oxygen atoms in total. The van der Waals surface area contributed by atoms with Gasteiger partial charge in [-0.2, -0.15) is 0 Å². The van der Waals surface area contributed by atoms with Crippen LogP contribution in [0.1, 0.15) is 19.8 Å². The molecule has 70 valence electrons. The molecule has 0 rings (SSSR count). The summed E-state index contributed by atoms with van der Waals surface area (Å²) in [7, 11) is 0. The van der Waals surface area contributed by atoms with Crippen molar-refractivity contribution in [2.24, 2.45) is 11.5 Å². The van der Waals surface area contributed by atoms with E-state index in [9.17, 15) is 9.59 Å². The van der Waals surface area contributed by atoms with Gasteiger partial charge in [-0.3, -0.25) is 10.5 Å². The summed E-state index contributed by atoms with van der Waals surface area (Å²) in [5.74, 6) is -1.53. The Balaban J connectivity index is 3.61. The highest BCUT2D eigenvalue weighted by Gasteiger charge is 2.13. The van der Waals surface area contributed by atoms with Crippen LogP contribution < -0.4 is 11.5 Å². The highest BCUT2D eigenvalue weighted by molar-refractivity contribution is 6.32. The molecule has 0 fully saturated rings. The quantitative estimate of drug-likeness (QED) is 0.321. The van der Waals surface area contributed by atoms with Crippen LogP contribution in [0, 0.1) is 0 Å². The maximum absolute atomic E-state index is 10.6. The normalized spacial score (nSPS) is 12.2. The van der Waals surface area contributed by atoms with Gasteiger partial charge in [-0.25, -0.2) is 4.79 Å². The molecule has 0 radical (unpaired) electrons.